The first kappa shape index (κ1) is 13.5. The molecule has 0 bridgehead atoms. The van der Waals surface area contributed by atoms with Gasteiger partial charge in [0.25, 0.3) is 0 Å². The maximum absolute atomic E-state index is 12.3. The highest BCUT2D eigenvalue weighted by Crippen LogP contribution is 2.27. The van der Waals surface area contributed by atoms with Gasteiger partial charge in [-0.3, -0.25) is 9.36 Å². The fraction of sp³-hybridized carbons (Fsp3) is 0.500. The third kappa shape index (κ3) is 3.53. The molecule has 0 spiro atoms. The number of rotatable bonds is 5. The molecule has 9 heteroatoms. The summed E-state index contributed by atoms with van der Waals surface area (Å²) in [6.07, 6.45) is -1.36. The van der Waals surface area contributed by atoms with E-state index in [9.17, 15) is 13.2 Å². The Morgan fingerprint density at radius 3 is 2.63 bits per heavy atom. The van der Waals surface area contributed by atoms with Crippen molar-refractivity contribution in [3.8, 4) is 0 Å². The lowest BCUT2D eigenvalue weighted by Gasteiger charge is -2.02. The van der Waals surface area contributed by atoms with E-state index in [0.29, 0.717) is 19.6 Å². The monoisotopic (exact) mass is 274 g/mol. The highest BCUT2D eigenvalue weighted by atomic mass is 19.4. The van der Waals surface area contributed by atoms with Crippen molar-refractivity contribution in [2.75, 3.05) is 7.05 Å². The van der Waals surface area contributed by atoms with E-state index in [-0.39, 0.29) is 0 Å². The van der Waals surface area contributed by atoms with Gasteiger partial charge >= 0.3 is 6.18 Å². The minimum atomic E-state index is -4.40. The SMILES string of the molecule is CNCc1cn(CCn2ccc(C(F)(F)F)n2)nn1. The minimum absolute atomic E-state index is 0.304. The van der Waals surface area contributed by atoms with Gasteiger partial charge in [-0.2, -0.15) is 18.3 Å². The number of nitrogens with one attached hydrogen (secondary N) is 1. The Balaban J connectivity index is 1.93. The molecule has 2 aromatic rings. The van der Waals surface area contributed by atoms with Crippen LogP contribution < -0.4 is 5.32 Å². The first-order chi connectivity index (χ1) is 8.99. The Labute approximate surface area is 107 Å². The molecule has 2 aromatic heterocycles. The highest BCUT2D eigenvalue weighted by molar-refractivity contribution is 5.03. The number of hydrogen-bond acceptors (Lipinski definition) is 4. The third-order valence-corrected chi connectivity index (χ3v) is 2.43. The predicted octanol–water partition coefficient (Wildman–Crippen LogP) is 0.913. The molecule has 0 amide bonds. The van der Waals surface area contributed by atoms with Crippen LogP contribution in [0.1, 0.15) is 11.4 Å². The van der Waals surface area contributed by atoms with Crippen molar-refractivity contribution in [2.45, 2.75) is 25.8 Å². The van der Waals surface area contributed by atoms with Gasteiger partial charge in [0.15, 0.2) is 5.69 Å². The summed E-state index contributed by atoms with van der Waals surface area (Å²) in [5, 5.41) is 14.2. The number of halogens is 3. The van der Waals surface area contributed by atoms with Crippen LogP contribution in [0.5, 0.6) is 0 Å². The average Bonchev–Trinajstić information content (AvgIpc) is 2.94. The number of hydrogen-bond donors (Lipinski definition) is 1. The quantitative estimate of drug-likeness (QED) is 0.880. The van der Waals surface area contributed by atoms with E-state index in [0.717, 1.165) is 11.8 Å². The van der Waals surface area contributed by atoms with E-state index in [1.165, 1.54) is 10.9 Å². The van der Waals surface area contributed by atoms with Crippen molar-refractivity contribution in [2.24, 2.45) is 0 Å². The van der Waals surface area contributed by atoms with Gasteiger partial charge in [0.1, 0.15) is 0 Å². The number of aryl methyl sites for hydroxylation is 2. The first-order valence-electron chi connectivity index (χ1n) is 5.63. The second-order valence-corrected chi connectivity index (χ2v) is 3.97. The van der Waals surface area contributed by atoms with Crippen LogP contribution in [0.15, 0.2) is 18.5 Å². The van der Waals surface area contributed by atoms with Crippen LogP contribution in [0.3, 0.4) is 0 Å². The topological polar surface area (TPSA) is 60.6 Å². The summed E-state index contributed by atoms with van der Waals surface area (Å²) >= 11 is 0. The molecule has 0 aliphatic heterocycles. The summed E-state index contributed by atoms with van der Waals surface area (Å²) < 4.78 is 39.8. The molecule has 2 heterocycles. The molecule has 0 unspecified atom stereocenters. The van der Waals surface area contributed by atoms with Crippen LogP contribution >= 0.6 is 0 Å². The molecular formula is C10H13F3N6. The van der Waals surface area contributed by atoms with Crippen LogP contribution in [-0.4, -0.2) is 31.8 Å². The largest absolute Gasteiger partial charge is 0.435 e. The lowest BCUT2D eigenvalue weighted by molar-refractivity contribution is -0.141. The third-order valence-electron chi connectivity index (χ3n) is 2.43. The second-order valence-electron chi connectivity index (χ2n) is 3.97. The van der Waals surface area contributed by atoms with Crippen molar-refractivity contribution in [1.82, 2.24) is 30.1 Å². The first-order valence-corrected chi connectivity index (χ1v) is 5.63. The molecule has 6 nitrogen and oxygen atoms in total. The van der Waals surface area contributed by atoms with Gasteiger partial charge in [0, 0.05) is 18.9 Å². The van der Waals surface area contributed by atoms with E-state index in [1.54, 1.807) is 17.9 Å². The van der Waals surface area contributed by atoms with Crippen molar-refractivity contribution in [3.05, 3.63) is 29.8 Å². The molecule has 0 aromatic carbocycles. The van der Waals surface area contributed by atoms with Crippen molar-refractivity contribution in [3.63, 3.8) is 0 Å². The molecule has 0 fully saturated rings. The number of aromatic nitrogens is 5. The molecule has 0 aliphatic rings. The minimum Gasteiger partial charge on any atom is -0.314 e. The number of alkyl halides is 3. The lowest BCUT2D eigenvalue weighted by Crippen LogP contribution is -2.11. The van der Waals surface area contributed by atoms with E-state index in [2.05, 4.69) is 20.7 Å². The molecular weight excluding hydrogens is 261 g/mol. The highest BCUT2D eigenvalue weighted by Gasteiger charge is 2.33. The lowest BCUT2D eigenvalue weighted by atomic mass is 10.4. The normalized spacial score (nSPS) is 12.0. The van der Waals surface area contributed by atoms with Gasteiger partial charge in [-0.1, -0.05) is 5.21 Å². The van der Waals surface area contributed by atoms with Crippen LogP contribution in [0.4, 0.5) is 13.2 Å². The molecule has 1 N–H and O–H groups in total. The summed E-state index contributed by atoms with van der Waals surface area (Å²) in [6.45, 7) is 1.31. The zero-order valence-electron chi connectivity index (χ0n) is 10.2. The summed E-state index contributed by atoms with van der Waals surface area (Å²) in [6, 6.07) is 0.952. The fourth-order valence-electron chi connectivity index (χ4n) is 1.55. The van der Waals surface area contributed by atoms with E-state index in [4.69, 9.17) is 0 Å². The van der Waals surface area contributed by atoms with Gasteiger partial charge < -0.3 is 5.32 Å². The fourth-order valence-corrected chi connectivity index (χ4v) is 1.55. The second kappa shape index (κ2) is 5.39. The van der Waals surface area contributed by atoms with Crippen LogP contribution in [-0.2, 0) is 25.8 Å². The van der Waals surface area contributed by atoms with Crippen molar-refractivity contribution in [1.29, 1.82) is 0 Å². The molecule has 0 saturated carbocycles. The summed E-state index contributed by atoms with van der Waals surface area (Å²) in [7, 11) is 1.79. The summed E-state index contributed by atoms with van der Waals surface area (Å²) in [4.78, 5) is 0. The molecule has 0 atom stereocenters. The average molecular weight is 274 g/mol. The predicted molar refractivity (Wildman–Crippen MR) is 60.0 cm³/mol. The van der Waals surface area contributed by atoms with Gasteiger partial charge in [-0.05, 0) is 13.1 Å². The van der Waals surface area contributed by atoms with Gasteiger partial charge in [-0.15, -0.1) is 5.10 Å². The van der Waals surface area contributed by atoms with E-state index >= 15 is 0 Å². The molecule has 0 radical (unpaired) electrons. The van der Waals surface area contributed by atoms with Gasteiger partial charge in [0.2, 0.25) is 0 Å². The van der Waals surface area contributed by atoms with Crippen LogP contribution in [0, 0.1) is 0 Å². The zero-order valence-corrected chi connectivity index (χ0v) is 10.2. The Bertz CT molecular complexity index is 529. The molecule has 19 heavy (non-hydrogen) atoms. The van der Waals surface area contributed by atoms with Gasteiger partial charge in [0.05, 0.1) is 18.8 Å². The maximum atomic E-state index is 12.3. The van der Waals surface area contributed by atoms with E-state index in [1.807, 2.05) is 0 Å². The number of nitrogens with zero attached hydrogens (tertiary/aromatic N) is 5. The Morgan fingerprint density at radius 1 is 1.26 bits per heavy atom. The van der Waals surface area contributed by atoms with Crippen LogP contribution in [0.25, 0.3) is 0 Å². The molecule has 0 aliphatic carbocycles. The Kier molecular flexibility index (Phi) is 3.84. The smallest absolute Gasteiger partial charge is 0.314 e. The molecule has 104 valence electrons. The standard InChI is InChI=1S/C10H13F3N6/c1-14-6-8-7-19(17-15-8)5-4-18-3-2-9(16-18)10(11,12)13/h2-3,7,14H,4-6H2,1H3. The van der Waals surface area contributed by atoms with Crippen molar-refractivity contribution < 1.29 is 13.2 Å². The van der Waals surface area contributed by atoms with E-state index < -0.39 is 11.9 Å². The summed E-state index contributed by atoms with van der Waals surface area (Å²) in [5.41, 5.74) is -0.110. The van der Waals surface area contributed by atoms with Crippen LogP contribution in [0.2, 0.25) is 0 Å². The zero-order chi connectivity index (χ0) is 13.9. The Morgan fingerprint density at radius 2 is 2.00 bits per heavy atom. The maximum Gasteiger partial charge on any atom is 0.435 e. The summed E-state index contributed by atoms with van der Waals surface area (Å²) in [5.74, 6) is 0. The van der Waals surface area contributed by atoms with Gasteiger partial charge in [-0.25, -0.2) is 0 Å². The molecule has 2 rings (SSSR count). The van der Waals surface area contributed by atoms with Crippen molar-refractivity contribution >= 4 is 0 Å². The molecule has 0 saturated heterocycles. The Hall–Kier alpha value is -1.90.